The zero-order chi connectivity index (χ0) is 15.7. The molecule has 0 aliphatic carbocycles. The normalized spacial score (nSPS) is 10.8. The summed E-state index contributed by atoms with van der Waals surface area (Å²) in [6.07, 6.45) is 0. The minimum Gasteiger partial charge on any atom is -0.487 e. The summed E-state index contributed by atoms with van der Waals surface area (Å²) in [6.45, 7) is 4.39. The van der Waals surface area contributed by atoms with Gasteiger partial charge in [0, 0.05) is 22.7 Å². The lowest BCUT2D eigenvalue weighted by molar-refractivity contribution is 0.299. The highest BCUT2D eigenvalue weighted by molar-refractivity contribution is 5.81. The highest BCUT2D eigenvalue weighted by Crippen LogP contribution is 2.21. The fourth-order valence-electron chi connectivity index (χ4n) is 2.43. The van der Waals surface area contributed by atoms with Crippen LogP contribution in [0.1, 0.15) is 16.8 Å². The van der Waals surface area contributed by atoms with Crippen molar-refractivity contribution in [2.24, 2.45) is 0 Å². The van der Waals surface area contributed by atoms with Crippen molar-refractivity contribution < 1.29 is 4.74 Å². The van der Waals surface area contributed by atoms with E-state index in [-0.39, 0.29) is 5.43 Å². The molecule has 0 amide bonds. The predicted octanol–water partition coefficient (Wildman–Crippen LogP) is 3.31. The fraction of sp³-hybridized carbons (Fsp3) is 0.167. The van der Waals surface area contributed by atoms with E-state index in [1.807, 2.05) is 38.1 Å². The summed E-state index contributed by atoms with van der Waals surface area (Å²) in [5, 5.41) is 0.593. The molecular formula is C18H18N2O2. The highest BCUT2D eigenvalue weighted by atomic mass is 16.5. The van der Waals surface area contributed by atoms with E-state index in [1.54, 1.807) is 18.2 Å². The molecule has 3 rings (SSSR count). The molecule has 22 heavy (non-hydrogen) atoms. The number of pyridine rings is 1. The van der Waals surface area contributed by atoms with Crippen molar-refractivity contribution in [3.05, 3.63) is 69.5 Å². The van der Waals surface area contributed by atoms with Crippen molar-refractivity contribution in [3.63, 3.8) is 0 Å². The Morgan fingerprint density at radius 3 is 2.77 bits per heavy atom. The topological polar surface area (TPSA) is 68.1 Å². The average Bonchev–Trinajstić information content (AvgIpc) is 2.49. The van der Waals surface area contributed by atoms with Gasteiger partial charge < -0.3 is 15.5 Å². The third-order valence-corrected chi connectivity index (χ3v) is 3.85. The number of fused-ring (bicyclic) bond motifs is 1. The second-order valence-electron chi connectivity index (χ2n) is 5.45. The second-order valence-corrected chi connectivity index (χ2v) is 5.45. The molecule has 0 fully saturated rings. The first-order valence-corrected chi connectivity index (χ1v) is 7.15. The summed E-state index contributed by atoms with van der Waals surface area (Å²) in [6, 6.07) is 12.8. The summed E-state index contributed by atoms with van der Waals surface area (Å²) in [4.78, 5) is 15.4. The van der Waals surface area contributed by atoms with Gasteiger partial charge in [-0.15, -0.1) is 0 Å². The Balaban J connectivity index is 1.90. The van der Waals surface area contributed by atoms with Crippen molar-refractivity contribution in [1.29, 1.82) is 0 Å². The van der Waals surface area contributed by atoms with E-state index in [0.29, 0.717) is 17.7 Å². The SMILES string of the molecule is Cc1cccc(OCc2cc(=O)c3cc(N)ccc3[nH]2)c1C. The number of hydrogen-bond donors (Lipinski definition) is 2. The van der Waals surface area contributed by atoms with Gasteiger partial charge in [-0.05, 0) is 49.2 Å². The van der Waals surface area contributed by atoms with Crippen molar-refractivity contribution in [3.8, 4) is 5.75 Å². The van der Waals surface area contributed by atoms with Gasteiger partial charge in [-0.1, -0.05) is 12.1 Å². The fourth-order valence-corrected chi connectivity index (χ4v) is 2.43. The molecule has 0 saturated carbocycles. The van der Waals surface area contributed by atoms with Gasteiger partial charge in [0.25, 0.3) is 0 Å². The predicted molar refractivity (Wildman–Crippen MR) is 89.2 cm³/mol. The van der Waals surface area contributed by atoms with Gasteiger partial charge in [-0.2, -0.15) is 0 Å². The number of aromatic amines is 1. The molecule has 0 aliphatic rings. The van der Waals surface area contributed by atoms with Crippen molar-refractivity contribution in [2.75, 3.05) is 5.73 Å². The number of nitrogens with one attached hydrogen (secondary N) is 1. The summed E-state index contributed by atoms with van der Waals surface area (Å²) < 4.78 is 5.84. The molecule has 0 spiro atoms. The Hall–Kier alpha value is -2.75. The number of hydrogen-bond acceptors (Lipinski definition) is 3. The van der Waals surface area contributed by atoms with Crippen LogP contribution in [0.2, 0.25) is 0 Å². The van der Waals surface area contributed by atoms with Crippen LogP contribution in [0.5, 0.6) is 5.75 Å². The molecule has 1 aromatic heterocycles. The molecule has 4 heteroatoms. The lowest BCUT2D eigenvalue weighted by atomic mass is 10.1. The van der Waals surface area contributed by atoms with Gasteiger partial charge >= 0.3 is 0 Å². The first kappa shape index (κ1) is 14.2. The molecule has 3 N–H and O–H groups in total. The molecule has 0 aliphatic heterocycles. The number of nitrogen functional groups attached to an aromatic ring is 1. The molecule has 3 aromatic rings. The van der Waals surface area contributed by atoms with E-state index >= 15 is 0 Å². The minimum absolute atomic E-state index is 0.0550. The van der Waals surface area contributed by atoms with Gasteiger partial charge in [0.15, 0.2) is 5.43 Å². The Bertz CT molecular complexity index is 897. The van der Waals surface area contributed by atoms with Gasteiger partial charge in [-0.3, -0.25) is 4.79 Å². The highest BCUT2D eigenvalue weighted by Gasteiger charge is 2.05. The quantitative estimate of drug-likeness (QED) is 0.728. The average molecular weight is 294 g/mol. The Kier molecular flexibility index (Phi) is 3.59. The molecule has 0 saturated heterocycles. The molecular weight excluding hydrogens is 276 g/mol. The van der Waals surface area contributed by atoms with E-state index in [4.69, 9.17) is 10.5 Å². The Morgan fingerprint density at radius 1 is 1.14 bits per heavy atom. The number of rotatable bonds is 3. The van der Waals surface area contributed by atoms with Gasteiger partial charge in [-0.25, -0.2) is 0 Å². The smallest absolute Gasteiger partial charge is 0.189 e. The maximum absolute atomic E-state index is 12.2. The van der Waals surface area contributed by atoms with Gasteiger partial charge in [0.2, 0.25) is 0 Å². The standard InChI is InChI=1S/C18H18N2O2/c1-11-4-3-5-18(12(11)2)22-10-14-9-17(21)15-8-13(19)6-7-16(15)20-14/h3-9H,10,19H2,1-2H3,(H,20,21). The molecule has 0 unspecified atom stereocenters. The Morgan fingerprint density at radius 2 is 1.95 bits per heavy atom. The van der Waals surface area contributed by atoms with Crippen LogP contribution in [0.4, 0.5) is 5.69 Å². The van der Waals surface area contributed by atoms with Gasteiger partial charge in [0.1, 0.15) is 12.4 Å². The zero-order valence-corrected chi connectivity index (χ0v) is 12.6. The number of ether oxygens (including phenoxy) is 1. The van der Waals surface area contributed by atoms with Crippen LogP contribution in [-0.2, 0) is 6.61 Å². The number of aryl methyl sites for hydroxylation is 1. The molecule has 1 heterocycles. The van der Waals surface area contributed by atoms with Crippen LogP contribution in [0.25, 0.3) is 10.9 Å². The number of benzene rings is 2. The first-order valence-electron chi connectivity index (χ1n) is 7.15. The van der Waals surface area contributed by atoms with E-state index in [1.165, 1.54) is 5.56 Å². The maximum atomic E-state index is 12.2. The van der Waals surface area contributed by atoms with Crippen LogP contribution < -0.4 is 15.9 Å². The van der Waals surface area contributed by atoms with Gasteiger partial charge in [0.05, 0.1) is 5.69 Å². The molecule has 0 radical (unpaired) electrons. The third-order valence-electron chi connectivity index (χ3n) is 3.85. The van der Waals surface area contributed by atoms with Crippen molar-refractivity contribution in [1.82, 2.24) is 4.98 Å². The number of anilines is 1. The Labute approximate surface area is 128 Å². The van der Waals surface area contributed by atoms with Crippen LogP contribution in [0, 0.1) is 13.8 Å². The molecule has 2 aromatic carbocycles. The lowest BCUT2D eigenvalue weighted by Crippen LogP contribution is -2.08. The van der Waals surface area contributed by atoms with Crippen molar-refractivity contribution in [2.45, 2.75) is 20.5 Å². The molecule has 4 nitrogen and oxygen atoms in total. The van der Waals surface area contributed by atoms with E-state index < -0.39 is 0 Å². The summed E-state index contributed by atoms with van der Waals surface area (Å²) in [7, 11) is 0. The molecule has 112 valence electrons. The van der Waals surface area contributed by atoms with Crippen molar-refractivity contribution >= 4 is 16.6 Å². The lowest BCUT2D eigenvalue weighted by Gasteiger charge is -2.11. The van der Waals surface area contributed by atoms with Crippen LogP contribution in [0.3, 0.4) is 0 Å². The maximum Gasteiger partial charge on any atom is 0.189 e. The third kappa shape index (κ3) is 2.68. The summed E-state index contributed by atoms with van der Waals surface area (Å²) >= 11 is 0. The number of nitrogens with two attached hydrogens (primary N) is 1. The summed E-state index contributed by atoms with van der Waals surface area (Å²) in [5.74, 6) is 0.832. The van der Waals surface area contributed by atoms with Crippen LogP contribution >= 0.6 is 0 Å². The summed E-state index contributed by atoms with van der Waals surface area (Å²) in [5.41, 5.74) is 10.0. The largest absolute Gasteiger partial charge is 0.487 e. The number of aromatic nitrogens is 1. The zero-order valence-electron chi connectivity index (χ0n) is 12.6. The second kappa shape index (κ2) is 5.56. The first-order chi connectivity index (χ1) is 10.5. The monoisotopic (exact) mass is 294 g/mol. The molecule has 0 atom stereocenters. The van der Waals surface area contributed by atoms with E-state index in [0.717, 1.165) is 22.5 Å². The van der Waals surface area contributed by atoms with E-state index in [9.17, 15) is 4.79 Å². The number of H-pyrrole nitrogens is 1. The van der Waals surface area contributed by atoms with Crippen LogP contribution in [-0.4, -0.2) is 4.98 Å². The molecule has 0 bridgehead atoms. The minimum atomic E-state index is -0.0550. The van der Waals surface area contributed by atoms with Crippen LogP contribution in [0.15, 0.2) is 47.3 Å². The van der Waals surface area contributed by atoms with E-state index in [2.05, 4.69) is 4.98 Å².